The average Bonchev–Trinajstić information content (AvgIpc) is 2.67. The Labute approximate surface area is 168 Å². The van der Waals surface area contributed by atoms with Crippen molar-refractivity contribution in [3.63, 3.8) is 0 Å². The van der Waals surface area contributed by atoms with Crippen molar-refractivity contribution in [3.8, 4) is 23.7 Å². The van der Waals surface area contributed by atoms with Crippen LogP contribution < -0.4 is 5.46 Å². The van der Waals surface area contributed by atoms with Crippen LogP contribution in [0.2, 0.25) is 6.82 Å². The largest absolute Gasteiger partial charge is 0.206 e. The van der Waals surface area contributed by atoms with E-state index in [0.29, 0.717) is 5.56 Å². The van der Waals surface area contributed by atoms with Crippen molar-refractivity contribution < 1.29 is 4.39 Å². The van der Waals surface area contributed by atoms with E-state index >= 15 is 0 Å². The topological polar surface area (TPSA) is 0 Å². The van der Waals surface area contributed by atoms with Crippen LogP contribution in [0.1, 0.15) is 38.9 Å². The Kier molecular flexibility index (Phi) is 6.03. The number of benzene rings is 3. The molecule has 28 heavy (non-hydrogen) atoms. The van der Waals surface area contributed by atoms with Gasteiger partial charge in [0.1, 0.15) is 13.1 Å². The van der Waals surface area contributed by atoms with Gasteiger partial charge in [-0.25, -0.2) is 4.39 Å². The normalized spacial score (nSPS) is 9.75. The Balaban J connectivity index is 1.79. The van der Waals surface area contributed by atoms with Gasteiger partial charge >= 0.3 is 0 Å². The second kappa shape index (κ2) is 8.64. The van der Waals surface area contributed by atoms with Crippen molar-refractivity contribution in [2.75, 3.05) is 0 Å². The molecule has 3 aromatic carbocycles. The van der Waals surface area contributed by atoms with E-state index in [9.17, 15) is 4.39 Å². The number of halogens is 1. The summed E-state index contributed by atoms with van der Waals surface area (Å²) in [5, 5.41) is 0. The molecular formula is C26H21BF. The van der Waals surface area contributed by atoms with Gasteiger partial charge in [-0.2, -0.15) is 0 Å². The SMILES string of the molecule is C[B]c1ccc(C#Cc2ccc(C#Cc3c(C)cc(C)cc3C)cc2)c(F)c1. The molecule has 135 valence electrons. The van der Waals surface area contributed by atoms with Gasteiger partial charge in [0.2, 0.25) is 0 Å². The highest BCUT2D eigenvalue weighted by Crippen LogP contribution is 2.15. The lowest BCUT2D eigenvalue weighted by Gasteiger charge is -2.04. The van der Waals surface area contributed by atoms with Gasteiger partial charge < -0.3 is 0 Å². The minimum Gasteiger partial charge on any atom is -0.206 e. The Bertz CT molecular complexity index is 1110. The molecule has 0 saturated carbocycles. The predicted molar refractivity (Wildman–Crippen MR) is 117 cm³/mol. The van der Waals surface area contributed by atoms with Crippen molar-refractivity contribution in [1.82, 2.24) is 0 Å². The van der Waals surface area contributed by atoms with E-state index in [2.05, 4.69) is 56.6 Å². The van der Waals surface area contributed by atoms with Gasteiger partial charge in [0, 0.05) is 16.7 Å². The fourth-order valence-corrected chi connectivity index (χ4v) is 3.10. The van der Waals surface area contributed by atoms with E-state index in [1.807, 2.05) is 44.4 Å². The summed E-state index contributed by atoms with van der Waals surface area (Å²) in [6.45, 7) is 8.16. The molecule has 0 aliphatic heterocycles. The van der Waals surface area contributed by atoms with Crippen LogP contribution in [0.3, 0.4) is 0 Å². The zero-order chi connectivity index (χ0) is 20.1. The molecule has 0 aliphatic rings. The molecule has 0 heterocycles. The second-order valence-electron chi connectivity index (χ2n) is 6.88. The Hall–Kier alpha value is -3.23. The molecule has 0 saturated heterocycles. The molecule has 0 spiro atoms. The van der Waals surface area contributed by atoms with Crippen LogP contribution >= 0.6 is 0 Å². The molecule has 0 aromatic heterocycles. The minimum absolute atomic E-state index is 0.297. The van der Waals surface area contributed by atoms with Crippen LogP contribution in [-0.4, -0.2) is 7.28 Å². The zero-order valence-corrected chi connectivity index (χ0v) is 16.7. The van der Waals surface area contributed by atoms with E-state index in [0.717, 1.165) is 22.2 Å². The van der Waals surface area contributed by atoms with E-state index in [1.54, 1.807) is 6.07 Å². The lowest BCUT2D eigenvalue weighted by molar-refractivity contribution is 0.625. The Morgan fingerprint density at radius 1 is 0.714 bits per heavy atom. The summed E-state index contributed by atoms with van der Waals surface area (Å²) in [4.78, 5) is 0. The molecule has 0 aliphatic carbocycles. The van der Waals surface area contributed by atoms with Gasteiger partial charge in [0.15, 0.2) is 0 Å². The van der Waals surface area contributed by atoms with Crippen molar-refractivity contribution in [2.45, 2.75) is 27.6 Å². The maximum Gasteiger partial charge on any atom is 0.148 e. The predicted octanol–water partition coefficient (Wildman–Crippen LogP) is 4.93. The van der Waals surface area contributed by atoms with E-state index in [4.69, 9.17) is 0 Å². The summed E-state index contributed by atoms with van der Waals surface area (Å²) >= 11 is 0. The minimum atomic E-state index is -0.297. The molecule has 0 unspecified atom stereocenters. The fourth-order valence-electron chi connectivity index (χ4n) is 3.10. The third kappa shape index (κ3) is 4.73. The molecule has 2 heteroatoms. The molecular weight excluding hydrogens is 342 g/mol. The maximum absolute atomic E-state index is 14.0. The highest BCUT2D eigenvalue weighted by atomic mass is 19.1. The van der Waals surface area contributed by atoms with Crippen molar-refractivity contribution in [3.05, 3.63) is 99.4 Å². The number of aryl methyl sites for hydroxylation is 3. The molecule has 0 atom stereocenters. The summed E-state index contributed by atoms with van der Waals surface area (Å²) in [7, 11) is 1.86. The summed E-state index contributed by atoms with van der Waals surface area (Å²) in [6, 6.07) is 17.1. The molecule has 0 bridgehead atoms. The number of rotatable bonds is 1. The molecule has 0 nitrogen and oxygen atoms in total. The van der Waals surface area contributed by atoms with Gasteiger partial charge in [-0.15, -0.1) is 0 Å². The highest BCUT2D eigenvalue weighted by Gasteiger charge is 2.01. The second-order valence-corrected chi connectivity index (χ2v) is 6.88. The van der Waals surface area contributed by atoms with Crippen molar-refractivity contribution in [2.24, 2.45) is 0 Å². The van der Waals surface area contributed by atoms with Gasteiger partial charge in [-0.1, -0.05) is 59.7 Å². The van der Waals surface area contributed by atoms with Crippen molar-refractivity contribution >= 4 is 12.7 Å². The summed E-state index contributed by atoms with van der Waals surface area (Å²) in [6.07, 6.45) is 0. The van der Waals surface area contributed by atoms with Crippen molar-refractivity contribution in [1.29, 1.82) is 0 Å². The lowest BCUT2D eigenvalue weighted by Crippen LogP contribution is -2.10. The summed E-state index contributed by atoms with van der Waals surface area (Å²) in [5.74, 6) is 12.1. The number of hydrogen-bond acceptors (Lipinski definition) is 0. The quantitative estimate of drug-likeness (QED) is 0.425. The first-order valence-corrected chi connectivity index (χ1v) is 9.27. The first kappa shape index (κ1) is 19.5. The van der Waals surface area contributed by atoms with E-state index in [-0.39, 0.29) is 5.82 Å². The van der Waals surface area contributed by atoms with Crippen LogP contribution in [0, 0.1) is 50.3 Å². The molecule has 0 N–H and O–H groups in total. The van der Waals surface area contributed by atoms with Crippen LogP contribution in [-0.2, 0) is 0 Å². The highest BCUT2D eigenvalue weighted by molar-refractivity contribution is 6.51. The Morgan fingerprint density at radius 2 is 1.29 bits per heavy atom. The molecule has 0 fully saturated rings. The maximum atomic E-state index is 14.0. The van der Waals surface area contributed by atoms with Gasteiger partial charge in [-0.3, -0.25) is 0 Å². The summed E-state index contributed by atoms with van der Waals surface area (Å²) in [5.41, 5.74) is 7.74. The summed E-state index contributed by atoms with van der Waals surface area (Å²) < 4.78 is 14.0. The van der Waals surface area contributed by atoms with Crippen LogP contribution in [0.4, 0.5) is 4.39 Å². The van der Waals surface area contributed by atoms with Crippen LogP contribution in [0.15, 0.2) is 54.6 Å². The molecule has 3 aromatic rings. The molecule has 3 rings (SSSR count). The molecule has 0 amide bonds. The van der Waals surface area contributed by atoms with Gasteiger partial charge in [0.25, 0.3) is 0 Å². The van der Waals surface area contributed by atoms with Gasteiger partial charge in [-0.05, 0) is 68.3 Å². The third-order valence-corrected chi connectivity index (χ3v) is 4.56. The van der Waals surface area contributed by atoms with E-state index in [1.165, 1.54) is 22.8 Å². The monoisotopic (exact) mass is 363 g/mol. The fraction of sp³-hybridized carbons (Fsp3) is 0.154. The average molecular weight is 363 g/mol. The Morgan fingerprint density at radius 3 is 1.82 bits per heavy atom. The number of hydrogen-bond donors (Lipinski definition) is 0. The zero-order valence-electron chi connectivity index (χ0n) is 16.7. The van der Waals surface area contributed by atoms with Gasteiger partial charge in [0.05, 0.1) is 5.56 Å². The van der Waals surface area contributed by atoms with Crippen LogP contribution in [0.25, 0.3) is 0 Å². The standard InChI is InChI=1S/C26H21BF/c1-18-15-19(2)25(20(3)16-18)14-10-22-7-5-21(6-8-22)9-11-23-12-13-24(27-4)17-26(23)28/h5-8,12-13,15-17H,1-4H3. The smallest absolute Gasteiger partial charge is 0.148 e. The van der Waals surface area contributed by atoms with E-state index < -0.39 is 0 Å². The third-order valence-electron chi connectivity index (χ3n) is 4.56. The van der Waals surface area contributed by atoms with Crippen LogP contribution in [0.5, 0.6) is 0 Å². The first-order chi connectivity index (χ1) is 13.5. The first-order valence-electron chi connectivity index (χ1n) is 9.27. The molecule has 1 radical (unpaired) electrons. The lowest BCUT2D eigenvalue weighted by atomic mass is 9.73.